The highest BCUT2D eigenvalue weighted by molar-refractivity contribution is 8.00. The van der Waals surface area contributed by atoms with Crippen molar-refractivity contribution < 1.29 is 4.79 Å². The van der Waals surface area contributed by atoms with E-state index in [2.05, 4.69) is 29.1 Å². The van der Waals surface area contributed by atoms with Crippen LogP contribution in [0.25, 0.3) is 10.2 Å². The Morgan fingerprint density at radius 3 is 2.88 bits per heavy atom. The highest BCUT2D eigenvalue weighted by Gasteiger charge is 2.19. The number of carbonyl (C=O) groups is 1. The topological polar surface area (TPSA) is 54.9 Å². The fourth-order valence-corrected chi connectivity index (χ4v) is 4.50. The molecule has 124 valence electrons. The van der Waals surface area contributed by atoms with Gasteiger partial charge in [0, 0.05) is 21.0 Å². The summed E-state index contributed by atoms with van der Waals surface area (Å²) in [6, 6.07) is 7.12. The lowest BCUT2D eigenvalue weighted by Crippen LogP contribution is -2.22. The number of aromatic nitrogens is 2. The molecule has 0 aliphatic heterocycles. The summed E-state index contributed by atoms with van der Waals surface area (Å²) >= 11 is 9.05. The second-order valence-electron chi connectivity index (χ2n) is 5.40. The Morgan fingerprint density at radius 1 is 1.33 bits per heavy atom. The zero-order valence-electron chi connectivity index (χ0n) is 13.5. The van der Waals surface area contributed by atoms with Crippen LogP contribution in [0.15, 0.2) is 35.6 Å². The van der Waals surface area contributed by atoms with E-state index in [9.17, 15) is 4.79 Å². The fourth-order valence-electron chi connectivity index (χ4n) is 2.27. The Kier molecular flexibility index (Phi) is 5.08. The molecular formula is C17H16ClN3OS2. The second-order valence-corrected chi connectivity index (χ2v) is 8.37. The van der Waals surface area contributed by atoms with Crippen molar-refractivity contribution >= 4 is 56.5 Å². The molecule has 0 saturated heterocycles. The molecule has 0 fully saturated rings. The van der Waals surface area contributed by atoms with E-state index in [1.807, 2.05) is 13.0 Å². The Balaban J connectivity index is 1.79. The van der Waals surface area contributed by atoms with Crippen LogP contribution in [0, 0.1) is 13.8 Å². The van der Waals surface area contributed by atoms with Crippen molar-refractivity contribution in [1.29, 1.82) is 0 Å². The zero-order chi connectivity index (χ0) is 17.3. The van der Waals surface area contributed by atoms with E-state index in [-0.39, 0.29) is 11.2 Å². The van der Waals surface area contributed by atoms with Crippen LogP contribution >= 0.6 is 34.7 Å². The van der Waals surface area contributed by atoms with Gasteiger partial charge in [0.05, 0.1) is 5.25 Å². The quantitative estimate of drug-likeness (QED) is 0.508. The predicted molar refractivity (Wildman–Crippen MR) is 102 cm³/mol. The maximum atomic E-state index is 12.4. The third-order valence-electron chi connectivity index (χ3n) is 3.68. The normalized spacial score (nSPS) is 12.3. The minimum absolute atomic E-state index is 0.0846. The summed E-state index contributed by atoms with van der Waals surface area (Å²) in [5, 5.41) is 5.08. The number of carbonyl (C=O) groups excluding carboxylic acids is 1. The largest absolute Gasteiger partial charge is 0.325 e. The van der Waals surface area contributed by atoms with Gasteiger partial charge in [-0.25, -0.2) is 9.97 Å². The molecule has 0 spiro atoms. The van der Waals surface area contributed by atoms with Gasteiger partial charge < -0.3 is 5.32 Å². The zero-order valence-corrected chi connectivity index (χ0v) is 15.9. The minimum Gasteiger partial charge on any atom is -0.325 e. The first-order valence-electron chi connectivity index (χ1n) is 7.39. The van der Waals surface area contributed by atoms with Crippen molar-refractivity contribution in [3.63, 3.8) is 0 Å². The SMILES string of the molecule is Cc1sc2ncnc(S[C@@H](C)C(=O)Nc3cccc(Cl)c3)c2c1C. The molecule has 3 aromatic rings. The number of aryl methyl sites for hydroxylation is 2. The predicted octanol–water partition coefficient (Wildman–Crippen LogP) is 5.08. The molecular weight excluding hydrogens is 362 g/mol. The third kappa shape index (κ3) is 3.55. The fraction of sp³-hybridized carbons (Fsp3) is 0.235. The van der Waals surface area contributed by atoms with Crippen LogP contribution in [-0.4, -0.2) is 21.1 Å². The number of anilines is 1. The first-order chi connectivity index (χ1) is 11.5. The van der Waals surface area contributed by atoms with Crippen molar-refractivity contribution in [2.75, 3.05) is 5.32 Å². The molecule has 2 heterocycles. The van der Waals surface area contributed by atoms with E-state index in [4.69, 9.17) is 11.6 Å². The highest BCUT2D eigenvalue weighted by Crippen LogP contribution is 2.36. The van der Waals surface area contributed by atoms with Gasteiger partial charge in [-0.05, 0) is 44.5 Å². The number of thiophene rings is 1. The van der Waals surface area contributed by atoms with E-state index >= 15 is 0 Å². The molecule has 3 rings (SSSR count). The smallest absolute Gasteiger partial charge is 0.237 e. The van der Waals surface area contributed by atoms with Crippen LogP contribution in [0.4, 0.5) is 5.69 Å². The van der Waals surface area contributed by atoms with Crippen molar-refractivity contribution in [3.05, 3.63) is 46.1 Å². The Labute approximate surface area is 153 Å². The number of nitrogens with one attached hydrogen (secondary N) is 1. The van der Waals surface area contributed by atoms with Crippen molar-refractivity contribution in [2.45, 2.75) is 31.0 Å². The monoisotopic (exact) mass is 377 g/mol. The summed E-state index contributed by atoms with van der Waals surface area (Å²) in [7, 11) is 0. The maximum absolute atomic E-state index is 12.4. The van der Waals surface area contributed by atoms with Crippen LogP contribution in [0.3, 0.4) is 0 Å². The number of benzene rings is 1. The van der Waals surface area contributed by atoms with Gasteiger partial charge in [-0.15, -0.1) is 11.3 Å². The molecule has 1 N–H and O–H groups in total. The number of hydrogen-bond donors (Lipinski definition) is 1. The lowest BCUT2D eigenvalue weighted by atomic mass is 10.2. The Morgan fingerprint density at radius 2 is 2.12 bits per heavy atom. The first kappa shape index (κ1) is 17.2. The molecule has 1 atom stereocenters. The van der Waals surface area contributed by atoms with E-state index in [1.54, 1.807) is 35.9 Å². The van der Waals surface area contributed by atoms with Crippen molar-refractivity contribution in [2.24, 2.45) is 0 Å². The van der Waals surface area contributed by atoms with E-state index in [0.717, 1.165) is 15.2 Å². The van der Waals surface area contributed by atoms with Gasteiger partial charge in [0.25, 0.3) is 0 Å². The summed E-state index contributed by atoms with van der Waals surface area (Å²) in [4.78, 5) is 23.3. The average Bonchev–Trinajstić information content (AvgIpc) is 2.83. The summed E-state index contributed by atoms with van der Waals surface area (Å²) in [5.74, 6) is -0.0846. The van der Waals surface area contributed by atoms with E-state index in [0.29, 0.717) is 10.7 Å². The maximum Gasteiger partial charge on any atom is 0.237 e. The molecule has 7 heteroatoms. The van der Waals surface area contributed by atoms with Gasteiger partial charge in [0.2, 0.25) is 5.91 Å². The van der Waals surface area contributed by atoms with Crippen molar-refractivity contribution in [3.8, 4) is 0 Å². The molecule has 0 aliphatic carbocycles. The highest BCUT2D eigenvalue weighted by atomic mass is 35.5. The number of nitrogens with zero attached hydrogens (tertiary/aromatic N) is 2. The third-order valence-corrected chi connectivity index (χ3v) is 6.13. The van der Waals surface area contributed by atoms with Crippen molar-refractivity contribution in [1.82, 2.24) is 9.97 Å². The number of hydrogen-bond acceptors (Lipinski definition) is 5. The molecule has 0 aliphatic rings. The standard InChI is InChI=1S/C17H16ClN3OS2/c1-9-10(2)23-16-14(9)17(20-8-19-16)24-11(3)15(22)21-13-6-4-5-12(18)7-13/h4-8,11H,1-3H3,(H,21,22)/t11-/m0/s1. The number of amides is 1. The van der Waals surface area contributed by atoms with Gasteiger partial charge in [-0.3, -0.25) is 4.79 Å². The molecule has 2 aromatic heterocycles. The van der Waals surface area contributed by atoms with Crippen LogP contribution < -0.4 is 5.32 Å². The van der Waals surface area contributed by atoms with E-state index in [1.165, 1.54) is 22.2 Å². The summed E-state index contributed by atoms with van der Waals surface area (Å²) in [6.07, 6.45) is 1.56. The molecule has 1 amide bonds. The number of rotatable bonds is 4. The number of fused-ring (bicyclic) bond motifs is 1. The van der Waals surface area contributed by atoms with Gasteiger partial charge in [-0.1, -0.05) is 29.4 Å². The molecule has 0 saturated carbocycles. The first-order valence-corrected chi connectivity index (χ1v) is 9.47. The Bertz CT molecular complexity index is 910. The summed E-state index contributed by atoms with van der Waals surface area (Å²) in [6.45, 7) is 6.01. The lowest BCUT2D eigenvalue weighted by Gasteiger charge is -2.12. The van der Waals surface area contributed by atoms with Crippen LogP contribution in [-0.2, 0) is 4.79 Å². The van der Waals surface area contributed by atoms with Gasteiger partial charge >= 0.3 is 0 Å². The number of thioether (sulfide) groups is 1. The van der Waals surface area contributed by atoms with Gasteiger partial charge in [0.15, 0.2) is 0 Å². The number of halogens is 1. The van der Waals surface area contributed by atoms with Crippen LogP contribution in [0.2, 0.25) is 5.02 Å². The molecule has 0 bridgehead atoms. The second kappa shape index (κ2) is 7.09. The Hall–Kier alpha value is -1.63. The lowest BCUT2D eigenvalue weighted by molar-refractivity contribution is -0.115. The van der Waals surface area contributed by atoms with Crippen LogP contribution in [0.1, 0.15) is 17.4 Å². The molecule has 4 nitrogen and oxygen atoms in total. The summed E-state index contributed by atoms with van der Waals surface area (Å²) in [5.41, 5.74) is 1.87. The average molecular weight is 378 g/mol. The van der Waals surface area contributed by atoms with Gasteiger partial charge in [0.1, 0.15) is 16.2 Å². The van der Waals surface area contributed by atoms with Crippen LogP contribution in [0.5, 0.6) is 0 Å². The molecule has 0 radical (unpaired) electrons. The van der Waals surface area contributed by atoms with E-state index < -0.39 is 0 Å². The van der Waals surface area contributed by atoms with Gasteiger partial charge in [-0.2, -0.15) is 0 Å². The molecule has 1 aromatic carbocycles. The summed E-state index contributed by atoms with van der Waals surface area (Å²) < 4.78 is 0. The molecule has 24 heavy (non-hydrogen) atoms. The minimum atomic E-state index is -0.290. The molecule has 0 unspecified atom stereocenters.